The van der Waals surface area contributed by atoms with E-state index in [0.717, 1.165) is 5.56 Å². The minimum Gasteiger partial charge on any atom is -0.283 e. The van der Waals surface area contributed by atoms with Crippen molar-refractivity contribution in [3.05, 3.63) is 69.5 Å². The van der Waals surface area contributed by atoms with Crippen LogP contribution in [0.3, 0.4) is 0 Å². The maximum Gasteiger partial charge on any atom is 0.262 e. The predicted octanol–water partition coefficient (Wildman–Crippen LogP) is 4.10. The first-order chi connectivity index (χ1) is 11.7. The second-order valence-corrected chi connectivity index (χ2v) is 6.62. The van der Waals surface area contributed by atoms with Crippen LogP contribution in [0.4, 0.5) is 0 Å². The van der Waals surface area contributed by atoms with Crippen LogP contribution >= 0.6 is 23.4 Å². The van der Waals surface area contributed by atoms with Gasteiger partial charge in [0.15, 0.2) is 5.16 Å². The Kier molecular flexibility index (Phi) is 5.19. The van der Waals surface area contributed by atoms with Gasteiger partial charge in [0.2, 0.25) is 0 Å². The van der Waals surface area contributed by atoms with Crippen molar-refractivity contribution in [3.8, 4) is 6.07 Å². The van der Waals surface area contributed by atoms with E-state index in [2.05, 4.69) is 11.1 Å². The number of hydrogen-bond donors (Lipinski definition) is 0. The van der Waals surface area contributed by atoms with Crippen molar-refractivity contribution < 1.29 is 0 Å². The number of thioether (sulfide) groups is 1. The molecule has 0 saturated carbocycles. The third-order valence-corrected chi connectivity index (χ3v) is 4.90. The van der Waals surface area contributed by atoms with Gasteiger partial charge >= 0.3 is 0 Å². The van der Waals surface area contributed by atoms with Crippen LogP contribution in [0.2, 0.25) is 5.02 Å². The van der Waals surface area contributed by atoms with Gasteiger partial charge in [0, 0.05) is 17.2 Å². The summed E-state index contributed by atoms with van der Waals surface area (Å²) in [5.74, 6) is 0.587. The van der Waals surface area contributed by atoms with Crippen molar-refractivity contribution in [1.82, 2.24) is 9.55 Å². The fourth-order valence-electron chi connectivity index (χ4n) is 2.38. The number of para-hydroxylation sites is 1. The molecule has 1 heterocycles. The van der Waals surface area contributed by atoms with Crippen molar-refractivity contribution in [1.29, 1.82) is 5.26 Å². The SMILES string of the molecule is N#CCCSc1nc2ccccc2c(=O)n1Cc1ccccc1Cl. The summed E-state index contributed by atoms with van der Waals surface area (Å²) in [5.41, 5.74) is 1.43. The molecule has 3 rings (SSSR count). The number of benzene rings is 2. The Balaban J connectivity index is 2.11. The van der Waals surface area contributed by atoms with Crippen LogP contribution in [-0.2, 0) is 6.54 Å². The molecule has 0 aliphatic carbocycles. The molecule has 0 spiro atoms. The van der Waals surface area contributed by atoms with Gasteiger partial charge in [-0.3, -0.25) is 9.36 Å². The molecule has 2 aromatic carbocycles. The van der Waals surface area contributed by atoms with Crippen LogP contribution < -0.4 is 5.56 Å². The first kappa shape index (κ1) is 16.6. The van der Waals surface area contributed by atoms with Crippen LogP contribution in [0.5, 0.6) is 0 Å². The maximum absolute atomic E-state index is 12.9. The molecular weight excluding hydrogens is 342 g/mol. The Bertz CT molecular complexity index is 978. The third kappa shape index (κ3) is 3.45. The zero-order valence-electron chi connectivity index (χ0n) is 12.8. The lowest BCUT2D eigenvalue weighted by molar-refractivity contribution is 0.658. The number of nitriles is 1. The lowest BCUT2D eigenvalue weighted by Crippen LogP contribution is -2.24. The van der Waals surface area contributed by atoms with Crippen LogP contribution in [0.25, 0.3) is 10.9 Å². The Hall–Kier alpha value is -2.29. The van der Waals surface area contributed by atoms with Gasteiger partial charge in [-0.2, -0.15) is 5.26 Å². The van der Waals surface area contributed by atoms with Crippen molar-refractivity contribution in [2.45, 2.75) is 18.1 Å². The van der Waals surface area contributed by atoms with Crippen molar-refractivity contribution in [2.75, 3.05) is 5.75 Å². The minimum absolute atomic E-state index is 0.0972. The second kappa shape index (κ2) is 7.52. The highest BCUT2D eigenvalue weighted by Crippen LogP contribution is 2.22. The van der Waals surface area contributed by atoms with Gasteiger partial charge in [0.1, 0.15) is 0 Å². The van der Waals surface area contributed by atoms with E-state index in [9.17, 15) is 4.79 Å². The zero-order valence-corrected chi connectivity index (χ0v) is 14.3. The van der Waals surface area contributed by atoms with E-state index in [1.165, 1.54) is 11.8 Å². The molecule has 0 bridgehead atoms. The molecule has 4 nitrogen and oxygen atoms in total. The van der Waals surface area contributed by atoms with Gasteiger partial charge < -0.3 is 0 Å². The van der Waals surface area contributed by atoms with Crippen LogP contribution in [0.15, 0.2) is 58.5 Å². The molecule has 0 saturated heterocycles. The molecular formula is C18H14ClN3OS. The number of nitrogens with zero attached hydrogens (tertiary/aromatic N) is 3. The normalized spacial score (nSPS) is 10.7. The Morgan fingerprint density at radius 1 is 1.17 bits per heavy atom. The quantitative estimate of drug-likeness (QED) is 0.392. The number of hydrogen-bond acceptors (Lipinski definition) is 4. The van der Waals surface area contributed by atoms with E-state index < -0.39 is 0 Å². The molecule has 0 amide bonds. The zero-order chi connectivity index (χ0) is 16.9. The summed E-state index contributed by atoms with van der Waals surface area (Å²) in [4.78, 5) is 17.5. The molecule has 0 radical (unpaired) electrons. The highest BCUT2D eigenvalue weighted by Gasteiger charge is 2.13. The first-order valence-corrected chi connectivity index (χ1v) is 8.80. The van der Waals surface area contributed by atoms with Crippen molar-refractivity contribution >= 4 is 34.3 Å². The molecule has 0 atom stereocenters. The summed E-state index contributed by atoms with van der Waals surface area (Å²) in [6.45, 7) is 0.352. The van der Waals surface area contributed by atoms with Gasteiger partial charge in [-0.1, -0.05) is 53.7 Å². The van der Waals surface area contributed by atoms with E-state index in [0.29, 0.717) is 39.8 Å². The van der Waals surface area contributed by atoms with Gasteiger partial charge in [-0.05, 0) is 23.8 Å². The highest BCUT2D eigenvalue weighted by molar-refractivity contribution is 7.99. The monoisotopic (exact) mass is 355 g/mol. The van der Waals surface area contributed by atoms with Crippen molar-refractivity contribution in [2.24, 2.45) is 0 Å². The summed E-state index contributed by atoms with van der Waals surface area (Å²) in [5, 5.41) is 10.5. The summed E-state index contributed by atoms with van der Waals surface area (Å²) in [7, 11) is 0. The summed E-state index contributed by atoms with van der Waals surface area (Å²) >= 11 is 7.65. The molecule has 0 unspecified atom stereocenters. The first-order valence-electron chi connectivity index (χ1n) is 7.43. The molecule has 120 valence electrons. The number of fused-ring (bicyclic) bond motifs is 1. The summed E-state index contributed by atoms with van der Waals surface area (Å²) in [6.07, 6.45) is 0.402. The van der Waals surface area contributed by atoms with Gasteiger partial charge in [-0.15, -0.1) is 0 Å². The third-order valence-electron chi connectivity index (χ3n) is 3.56. The van der Waals surface area contributed by atoms with Gasteiger partial charge in [0.25, 0.3) is 5.56 Å². The molecule has 0 N–H and O–H groups in total. The Labute approximate surface area is 148 Å². The fraction of sp³-hybridized carbons (Fsp3) is 0.167. The maximum atomic E-state index is 12.9. The molecule has 1 aromatic heterocycles. The molecule has 6 heteroatoms. The fourth-order valence-corrected chi connectivity index (χ4v) is 3.42. The number of halogens is 1. The molecule has 0 fully saturated rings. The molecule has 0 aliphatic heterocycles. The molecule has 3 aromatic rings. The van der Waals surface area contributed by atoms with Gasteiger partial charge in [-0.25, -0.2) is 4.98 Å². The summed E-state index contributed by atoms with van der Waals surface area (Å²) < 4.78 is 1.63. The van der Waals surface area contributed by atoms with Crippen LogP contribution in [0.1, 0.15) is 12.0 Å². The van der Waals surface area contributed by atoms with E-state index in [-0.39, 0.29) is 5.56 Å². The molecule has 0 aliphatic rings. The predicted molar refractivity (Wildman–Crippen MR) is 97.5 cm³/mol. The van der Waals surface area contributed by atoms with Crippen LogP contribution in [-0.4, -0.2) is 15.3 Å². The number of rotatable bonds is 5. The highest BCUT2D eigenvalue weighted by atomic mass is 35.5. The molecule has 24 heavy (non-hydrogen) atoms. The second-order valence-electron chi connectivity index (χ2n) is 5.15. The van der Waals surface area contributed by atoms with Crippen LogP contribution in [0, 0.1) is 11.3 Å². The standard InChI is InChI=1S/C18H14ClN3OS/c19-15-8-3-1-6-13(15)12-22-17(23)14-7-2-4-9-16(14)21-18(22)24-11-5-10-20/h1-4,6-9H,5,11-12H2. The topological polar surface area (TPSA) is 58.7 Å². The average molecular weight is 356 g/mol. The lowest BCUT2D eigenvalue weighted by atomic mass is 10.2. The average Bonchev–Trinajstić information content (AvgIpc) is 2.60. The van der Waals surface area contributed by atoms with E-state index in [4.69, 9.17) is 16.9 Å². The lowest BCUT2D eigenvalue weighted by Gasteiger charge is -2.13. The van der Waals surface area contributed by atoms with Gasteiger partial charge in [0.05, 0.1) is 23.5 Å². The van der Waals surface area contributed by atoms with Crippen molar-refractivity contribution in [3.63, 3.8) is 0 Å². The Morgan fingerprint density at radius 2 is 1.92 bits per heavy atom. The van der Waals surface area contributed by atoms with E-state index in [1.807, 2.05) is 36.4 Å². The minimum atomic E-state index is -0.0972. The number of aromatic nitrogens is 2. The van der Waals surface area contributed by atoms with E-state index in [1.54, 1.807) is 16.7 Å². The van der Waals surface area contributed by atoms with E-state index >= 15 is 0 Å². The smallest absolute Gasteiger partial charge is 0.262 e. The largest absolute Gasteiger partial charge is 0.283 e. The summed E-state index contributed by atoms with van der Waals surface area (Å²) in [6, 6.07) is 16.8. The Morgan fingerprint density at radius 3 is 2.71 bits per heavy atom.